The number of rotatable bonds is 3. The topological polar surface area (TPSA) is 73.6 Å². The molecule has 21 heavy (non-hydrogen) atoms. The first-order valence-electron chi connectivity index (χ1n) is 6.42. The minimum Gasteiger partial charge on any atom is -0.339 e. The molecule has 0 amide bonds. The molecule has 102 valence electrons. The van der Waals surface area contributed by atoms with Crippen LogP contribution < -0.4 is 11.0 Å². The van der Waals surface area contributed by atoms with Gasteiger partial charge in [0.15, 0.2) is 11.5 Å². The number of H-pyrrole nitrogens is 1. The molecular formula is C16H12N4O. The molecular weight excluding hydrogens is 264 g/mol. The van der Waals surface area contributed by atoms with E-state index in [0.717, 1.165) is 5.69 Å². The van der Waals surface area contributed by atoms with Gasteiger partial charge in [0.25, 0.3) is 0 Å². The van der Waals surface area contributed by atoms with Crippen molar-refractivity contribution in [2.45, 2.75) is 0 Å². The zero-order chi connectivity index (χ0) is 14.7. The molecule has 3 aromatic rings. The summed E-state index contributed by atoms with van der Waals surface area (Å²) in [7, 11) is 0. The van der Waals surface area contributed by atoms with Crippen LogP contribution in [0, 0.1) is 11.3 Å². The Morgan fingerprint density at radius 2 is 1.62 bits per heavy atom. The van der Waals surface area contributed by atoms with E-state index in [4.69, 9.17) is 0 Å². The van der Waals surface area contributed by atoms with Gasteiger partial charge < -0.3 is 5.32 Å². The van der Waals surface area contributed by atoms with Gasteiger partial charge in [-0.15, -0.1) is 0 Å². The Kier molecular flexibility index (Phi) is 3.27. The number of imidazole rings is 1. The van der Waals surface area contributed by atoms with Crippen molar-refractivity contribution in [2.24, 2.45) is 0 Å². The van der Waals surface area contributed by atoms with Crippen LogP contribution in [0.5, 0.6) is 0 Å². The van der Waals surface area contributed by atoms with Gasteiger partial charge in [-0.2, -0.15) is 5.26 Å². The van der Waals surface area contributed by atoms with Gasteiger partial charge in [0, 0.05) is 5.69 Å². The molecule has 0 saturated carbocycles. The van der Waals surface area contributed by atoms with E-state index in [1.807, 2.05) is 66.7 Å². The summed E-state index contributed by atoms with van der Waals surface area (Å²) in [4.78, 5) is 14.7. The maximum Gasteiger partial charge on any atom is 0.332 e. The van der Waals surface area contributed by atoms with E-state index in [-0.39, 0.29) is 11.4 Å². The van der Waals surface area contributed by atoms with Crippen LogP contribution in [-0.2, 0) is 0 Å². The summed E-state index contributed by atoms with van der Waals surface area (Å²) in [6, 6.07) is 20.6. The number of nitrogens with one attached hydrogen (secondary N) is 2. The highest BCUT2D eigenvalue weighted by molar-refractivity contribution is 5.63. The van der Waals surface area contributed by atoms with Crippen LogP contribution in [0.25, 0.3) is 5.69 Å². The number of benzene rings is 2. The molecule has 2 aromatic carbocycles. The lowest BCUT2D eigenvalue weighted by atomic mass is 10.3. The number of hydrogen-bond donors (Lipinski definition) is 2. The lowest BCUT2D eigenvalue weighted by molar-refractivity contribution is 0.992. The highest BCUT2D eigenvalue weighted by Crippen LogP contribution is 2.21. The Morgan fingerprint density at radius 3 is 2.24 bits per heavy atom. The standard InChI is InChI=1S/C16H12N4O/c17-11-14-15(18-12-7-3-1-4-8-12)20(16(21)19-14)13-9-5-2-6-10-13/h1-10,18H,(H,19,21). The number of aromatic nitrogens is 2. The summed E-state index contributed by atoms with van der Waals surface area (Å²) in [6.45, 7) is 0. The Balaban J connectivity index is 2.15. The van der Waals surface area contributed by atoms with Crippen LogP contribution >= 0.6 is 0 Å². The molecule has 0 aliphatic heterocycles. The molecule has 0 unspecified atom stereocenters. The summed E-state index contributed by atoms with van der Waals surface area (Å²) in [5, 5.41) is 12.3. The normalized spacial score (nSPS) is 10.0. The molecule has 0 spiro atoms. The molecule has 3 rings (SSSR count). The number of hydrogen-bond acceptors (Lipinski definition) is 3. The molecule has 2 N–H and O–H groups in total. The maximum absolute atomic E-state index is 12.1. The Hall–Kier alpha value is -3.26. The monoisotopic (exact) mass is 276 g/mol. The Morgan fingerprint density at radius 1 is 1.00 bits per heavy atom. The quantitative estimate of drug-likeness (QED) is 0.772. The fraction of sp³-hybridized carbons (Fsp3) is 0. The number of nitriles is 1. The fourth-order valence-electron chi connectivity index (χ4n) is 2.12. The minimum absolute atomic E-state index is 0.202. The molecule has 0 bridgehead atoms. The van der Waals surface area contributed by atoms with Crippen LogP contribution in [0.15, 0.2) is 65.5 Å². The number of para-hydroxylation sites is 2. The fourth-order valence-corrected chi connectivity index (χ4v) is 2.12. The molecule has 5 heteroatoms. The first-order chi connectivity index (χ1) is 10.3. The lowest BCUT2D eigenvalue weighted by Crippen LogP contribution is -2.16. The van der Waals surface area contributed by atoms with Gasteiger partial charge in [0.2, 0.25) is 0 Å². The van der Waals surface area contributed by atoms with Crippen molar-refractivity contribution >= 4 is 11.5 Å². The molecule has 0 aliphatic carbocycles. The van der Waals surface area contributed by atoms with E-state index in [9.17, 15) is 10.1 Å². The van der Waals surface area contributed by atoms with Crippen LogP contribution in [0.2, 0.25) is 0 Å². The lowest BCUT2D eigenvalue weighted by Gasteiger charge is -2.10. The molecule has 1 heterocycles. The molecule has 0 saturated heterocycles. The first-order valence-corrected chi connectivity index (χ1v) is 6.42. The second-order valence-electron chi connectivity index (χ2n) is 4.43. The van der Waals surface area contributed by atoms with Crippen LogP contribution in [0.1, 0.15) is 5.69 Å². The summed E-state index contributed by atoms with van der Waals surface area (Å²) in [5.74, 6) is 0.430. The average molecular weight is 276 g/mol. The third-order valence-electron chi connectivity index (χ3n) is 3.06. The minimum atomic E-state index is -0.351. The van der Waals surface area contributed by atoms with Gasteiger partial charge >= 0.3 is 5.69 Å². The predicted molar refractivity (Wildman–Crippen MR) is 80.8 cm³/mol. The Labute approximate surface area is 121 Å². The SMILES string of the molecule is N#Cc1[nH]c(=O)n(-c2ccccc2)c1Nc1ccccc1. The van der Waals surface area contributed by atoms with Crippen molar-refractivity contribution < 1.29 is 0 Å². The number of aromatic amines is 1. The zero-order valence-corrected chi connectivity index (χ0v) is 11.1. The van der Waals surface area contributed by atoms with Crippen molar-refractivity contribution in [1.82, 2.24) is 9.55 Å². The van der Waals surface area contributed by atoms with E-state index >= 15 is 0 Å². The van der Waals surface area contributed by atoms with Crippen molar-refractivity contribution in [3.8, 4) is 11.8 Å². The van der Waals surface area contributed by atoms with E-state index in [1.165, 1.54) is 4.57 Å². The zero-order valence-electron chi connectivity index (χ0n) is 11.1. The summed E-state index contributed by atoms with van der Waals surface area (Å²) in [6.07, 6.45) is 0. The van der Waals surface area contributed by atoms with Crippen molar-refractivity contribution in [1.29, 1.82) is 5.26 Å². The summed E-state index contributed by atoms with van der Waals surface area (Å²) < 4.78 is 1.45. The van der Waals surface area contributed by atoms with E-state index in [1.54, 1.807) is 0 Å². The van der Waals surface area contributed by atoms with Gasteiger partial charge in [-0.05, 0) is 24.3 Å². The van der Waals surface area contributed by atoms with Crippen molar-refractivity contribution in [3.05, 3.63) is 76.8 Å². The highest BCUT2D eigenvalue weighted by Gasteiger charge is 2.15. The summed E-state index contributed by atoms with van der Waals surface area (Å²) >= 11 is 0. The number of nitrogens with zero attached hydrogens (tertiary/aromatic N) is 2. The van der Waals surface area contributed by atoms with Gasteiger partial charge in [-0.3, -0.25) is 4.98 Å². The van der Waals surface area contributed by atoms with Gasteiger partial charge in [-0.25, -0.2) is 9.36 Å². The molecule has 0 aliphatic rings. The van der Waals surface area contributed by atoms with Crippen LogP contribution in [0.4, 0.5) is 11.5 Å². The predicted octanol–water partition coefficient (Wildman–Crippen LogP) is 2.78. The van der Waals surface area contributed by atoms with Gasteiger partial charge in [0.1, 0.15) is 6.07 Å². The van der Waals surface area contributed by atoms with E-state index < -0.39 is 0 Å². The number of anilines is 2. The molecule has 0 radical (unpaired) electrons. The van der Waals surface area contributed by atoms with Crippen LogP contribution in [0.3, 0.4) is 0 Å². The largest absolute Gasteiger partial charge is 0.339 e. The summed E-state index contributed by atoms with van der Waals surface area (Å²) in [5.41, 5.74) is 1.35. The molecule has 5 nitrogen and oxygen atoms in total. The average Bonchev–Trinajstić information content (AvgIpc) is 2.85. The van der Waals surface area contributed by atoms with Crippen molar-refractivity contribution in [3.63, 3.8) is 0 Å². The maximum atomic E-state index is 12.1. The highest BCUT2D eigenvalue weighted by atomic mass is 16.1. The van der Waals surface area contributed by atoms with Gasteiger partial charge in [0.05, 0.1) is 5.69 Å². The third-order valence-corrected chi connectivity index (χ3v) is 3.06. The smallest absolute Gasteiger partial charge is 0.332 e. The van der Waals surface area contributed by atoms with Crippen LogP contribution in [-0.4, -0.2) is 9.55 Å². The van der Waals surface area contributed by atoms with E-state index in [0.29, 0.717) is 11.5 Å². The molecule has 1 aromatic heterocycles. The second-order valence-corrected chi connectivity index (χ2v) is 4.43. The van der Waals surface area contributed by atoms with Crippen molar-refractivity contribution in [2.75, 3.05) is 5.32 Å². The Bertz CT molecular complexity index is 841. The van der Waals surface area contributed by atoms with E-state index in [2.05, 4.69) is 10.3 Å². The first kappa shape index (κ1) is 12.8. The molecule has 0 atom stereocenters. The third kappa shape index (κ3) is 2.42. The molecule has 0 fully saturated rings. The van der Waals surface area contributed by atoms with Gasteiger partial charge in [-0.1, -0.05) is 36.4 Å². The second kappa shape index (κ2) is 5.39.